The van der Waals surface area contributed by atoms with Gasteiger partial charge in [0, 0.05) is 5.02 Å². The Hall–Kier alpha value is -0.570. The van der Waals surface area contributed by atoms with Crippen LogP contribution in [0.4, 0.5) is 0 Å². The highest BCUT2D eigenvalue weighted by molar-refractivity contribution is 6.30. The summed E-state index contributed by atoms with van der Waals surface area (Å²) in [4.78, 5) is 0. The smallest absolute Gasteiger partial charge is 0.0720 e. The second-order valence-electron chi connectivity index (χ2n) is 3.68. The Morgan fingerprint density at radius 1 is 1.29 bits per heavy atom. The first-order chi connectivity index (χ1) is 6.74. The summed E-state index contributed by atoms with van der Waals surface area (Å²) in [6.07, 6.45) is 1.63. The van der Waals surface area contributed by atoms with Gasteiger partial charge in [0.2, 0.25) is 0 Å². The molecule has 14 heavy (non-hydrogen) atoms. The summed E-state index contributed by atoms with van der Waals surface area (Å²) in [6, 6.07) is 7.63. The minimum absolute atomic E-state index is 0.148. The van der Waals surface area contributed by atoms with Crippen molar-refractivity contribution in [1.29, 1.82) is 0 Å². The van der Waals surface area contributed by atoms with Crippen molar-refractivity contribution in [2.75, 3.05) is 0 Å². The number of halogens is 1. The molecule has 1 aliphatic rings. The molecule has 0 heterocycles. The molecule has 1 N–H and O–H groups in total. The Bertz CT molecular complexity index is 291. The lowest BCUT2D eigenvalue weighted by atomic mass is 9.92. The molecule has 2 rings (SSSR count). The van der Waals surface area contributed by atoms with Gasteiger partial charge in [-0.2, -0.15) is 0 Å². The van der Waals surface area contributed by atoms with Crippen molar-refractivity contribution in [2.24, 2.45) is 0 Å². The van der Waals surface area contributed by atoms with E-state index in [2.05, 4.69) is 0 Å². The van der Waals surface area contributed by atoms with E-state index in [-0.39, 0.29) is 12.2 Å². The van der Waals surface area contributed by atoms with Gasteiger partial charge in [-0.15, -0.1) is 0 Å². The molecule has 3 heteroatoms. The van der Waals surface area contributed by atoms with E-state index >= 15 is 0 Å². The van der Waals surface area contributed by atoms with Gasteiger partial charge >= 0.3 is 0 Å². The first-order valence-corrected chi connectivity index (χ1v) is 5.16. The molecule has 1 fully saturated rings. The van der Waals surface area contributed by atoms with Crippen LogP contribution in [0.25, 0.3) is 0 Å². The third kappa shape index (κ3) is 2.47. The van der Waals surface area contributed by atoms with Gasteiger partial charge in [-0.3, -0.25) is 0 Å². The second-order valence-corrected chi connectivity index (χ2v) is 4.12. The van der Waals surface area contributed by atoms with Gasteiger partial charge in [0.15, 0.2) is 0 Å². The van der Waals surface area contributed by atoms with Gasteiger partial charge in [0.25, 0.3) is 0 Å². The number of aliphatic hydroxyl groups excluding tert-OH is 1. The Morgan fingerprint density at radius 3 is 2.50 bits per heavy atom. The predicted octanol–water partition coefficient (Wildman–Crippen LogP) is 2.38. The molecule has 0 atom stereocenters. The molecular weight excluding hydrogens is 200 g/mol. The van der Waals surface area contributed by atoms with E-state index in [0.29, 0.717) is 6.61 Å². The minimum atomic E-state index is -0.148. The predicted molar refractivity (Wildman–Crippen MR) is 55.3 cm³/mol. The highest BCUT2D eigenvalue weighted by Gasteiger charge is 2.27. The molecule has 0 aromatic heterocycles. The van der Waals surface area contributed by atoms with E-state index in [4.69, 9.17) is 21.4 Å². The van der Waals surface area contributed by atoms with Gasteiger partial charge in [0.05, 0.1) is 18.8 Å². The SMILES string of the molecule is OC1CC(OCc2ccc(Cl)cc2)C1. The average molecular weight is 213 g/mol. The quantitative estimate of drug-likeness (QED) is 0.834. The fourth-order valence-electron chi connectivity index (χ4n) is 1.47. The van der Waals surface area contributed by atoms with E-state index < -0.39 is 0 Å². The normalized spacial score (nSPS) is 25.9. The molecule has 2 nitrogen and oxygen atoms in total. The lowest BCUT2D eigenvalue weighted by Gasteiger charge is -2.31. The molecule has 0 bridgehead atoms. The van der Waals surface area contributed by atoms with Crippen LogP contribution < -0.4 is 0 Å². The van der Waals surface area contributed by atoms with Crippen molar-refractivity contribution in [1.82, 2.24) is 0 Å². The molecule has 0 spiro atoms. The Morgan fingerprint density at radius 2 is 1.93 bits per heavy atom. The average Bonchev–Trinajstić information content (AvgIpc) is 2.13. The zero-order valence-corrected chi connectivity index (χ0v) is 8.57. The number of ether oxygens (including phenoxy) is 1. The van der Waals surface area contributed by atoms with E-state index in [0.717, 1.165) is 23.4 Å². The lowest BCUT2D eigenvalue weighted by Crippen LogP contribution is -2.35. The topological polar surface area (TPSA) is 29.5 Å². The Kier molecular flexibility index (Phi) is 3.06. The maximum Gasteiger partial charge on any atom is 0.0720 e. The lowest BCUT2D eigenvalue weighted by molar-refractivity contribution is -0.0778. The highest BCUT2D eigenvalue weighted by atomic mass is 35.5. The Labute approximate surface area is 88.5 Å². The molecule has 1 aromatic carbocycles. The van der Waals surface area contributed by atoms with Crippen LogP contribution in [-0.2, 0) is 11.3 Å². The molecular formula is C11H13ClO2. The standard InChI is InChI=1S/C11H13ClO2/c12-9-3-1-8(2-4-9)7-14-11-5-10(13)6-11/h1-4,10-11,13H,5-7H2. The molecule has 0 amide bonds. The second kappa shape index (κ2) is 4.30. The van der Waals surface area contributed by atoms with Gasteiger partial charge < -0.3 is 9.84 Å². The molecule has 0 saturated heterocycles. The van der Waals surface area contributed by atoms with Crippen LogP contribution in [0.2, 0.25) is 5.02 Å². The van der Waals surface area contributed by atoms with Crippen LogP contribution in [0.15, 0.2) is 24.3 Å². The van der Waals surface area contributed by atoms with Crippen molar-refractivity contribution in [3.63, 3.8) is 0 Å². The van der Waals surface area contributed by atoms with E-state index in [1.54, 1.807) is 0 Å². The number of rotatable bonds is 3. The van der Waals surface area contributed by atoms with Crippen LogP contribution in [0.3, 0.4) is 0 Å². The van der Waals surface area contributed by atoms with E-state index in [9.17, 15) is 0 Å². The third-order valence-corrected chi connectivity index (χ3v) is 2.72. The number of aliphatic hydroxyl groups is 1. The van der Waals surface area contributed by atoms with Gasteiger partial charge in [-0.25, -0.2) is 0 Å². The zero-order chi connectivity index (χ0) is 9.97. The fourth-order valence-corrected chi connectivity index (χ4v) is 1.59. The van der Waals surface area contributed by atoms with Crippen molar-refractivity contribution < 1.29 is 9.84 Å². The van der Waals surface area contributed by atoms with Crippen LogP contribution in [0.1, 0.15) is 18.4 Å². The summed E-state index contributed by atoms with van der Waals surface area (Å²) in [5.74, 6) is 0. The Balaban J connectivity index is 1.78. The number of benzene rings is 1. The monoisotopic (exact) mass is 212 g/mol. The number of hydrogen-bond donors (Lipinski definition) is 1. The maximum atomic E-state index is 9.05. The molecule has 1 aliphatic carbocycles. The van der Waals surface area contributed by atoms with Crippen LogP contribution >= 0.6 is 11.6 Å². The summed E-state index contributed by atoms with van der Waals surface area (Å²) in [7, 11) is 0. The van der Waals surface area contributed by atoms with E-state index in [1.165, 1.54) is 0 Å². The van der Waals surface area contributed by atoms with Crippen LogP contribution in [0, 0.1) is 0 Å². The summed E-state index contributed by atoms with van der Waals surface area (Å²) in [5, 5.41) is 9.80. The third-order valence-electron chi connectivity index (χ3n) is 2.47. The molecule has 0 aliphatic heterocycles. The summed E-state index contributed by atoms with van der Waals surface area (Å²) in [6.45, 7) is 0.606. The largest absolute Gasteiger partial charge is 0.393 e. The highest BCUT2D eigenvalue weighted by Crippen LogP contribution is 2.24. The molecule has 0 radical (unpaired) electrons. The molecule has 0 unspecified atom stereocenters. The van der Waals surface area contributed by atoms with Gasteiger partial charge in [0.1, 0.15) is 0 Å². The van der Waals surface area contributed by atoms with Crippen LogP contribution in [-0.4, -0.2) is 17.3 Å². The number of hydrogen-bond acceptors (Lipinski definition) is 2. The summed E-state index contributed by atoms with van der Waals surface area (Å²) in [5.41, 5.74) is 1.12. The van der Waals surface area contributed by atoms with Crippen molar-refractivity contribution >= 4 is 11.6 Å². The van der Waals surface area contributed by atoms with Crippen molar-refractivity contribution in [2.45, 2.75) is 31.7 Å². The summed E-state index contributed by atoms with van der Waals surface area (Å²) < 4.78 is 5.57. The summed E-state index contributed by atoms with van der Waals surface area (Å²) >= 11 is 5.76. The minimum Gasteiger partial charge on any atom is -0.393 e. The zero-order valence-electron chi connectivity index (χ0n) is 7.82. The van der Waals surface area contributed by atoms with Crippen LogP contribution in [0.5, 0.6) is 0 Å². The van der Waals surface area contributed by atoms with E-state index in [1.807, 2.05) is 24.3 Å². The maximum absolute atomic E-state index is 9.05. The van der Waals surface area contributed by atoms with Gasteiger partial charge in [-0.1, -0.05) is 23.7 Å². The van der Waals surface area contributed by atoms with Crippen molar-refractivity contribution in [3.8, 4) is 0 Å². The van der Waals surface area contributed by atoms with Gasteiger partial charge in [-0.05, 0) is 30.5 Å². The molecule has 76 valence electrons. The van der Waals surface area contributed by atoms with Crippen molar-refractivity contribution in [3.05, 3.63) is 34.9 Å². The first kappa shape index (κ1) is 9.97. The molecule has 1 aromatic rings. The first-order valence-electron chi connectivity index (χ1n) is 4.78. The fraction of sp³-hybridized carbons (Fsp3) is 0.455. The molecule has 1 saturated carbocycles.